The van der Waals surface area contributed by atoms with Crippen LogP contribution in [0.25, 0.3) is 0 Å². The van der Waals surface area contributed by atoms with E-state index >= 15 is 0 Å². The molecule has 3 heteroatoms. The summed E-state index contributed by atoms with van der Waals surface area (Å²) in [6.07, 6.45) is 5.35. The van der Waals surface area contributed by atoms with Gasteiger partial charge in [0.1, 0.15) is 5.76 Å². The fraction of sp³-hybridized carbons (Fsp3) is 0.692. The SMILES string of the molecule is CCCC1CN(CCc2ccco2)CCN1. The maximum absolute atomic E-state index is 5.36. The van der Waals surface area contributed by atoms with Gasteiger partial charge < -0.3 is 14.6 Å². The monoisotopic (exact) mass is 222 g/mol. The van der Waals surface area contributed by atoms with Crippen LogP contribution in [0.5, 0.6) is 0 Å². The first-order valence-corrected chi connectivity index (χ1v) is 6.36. The molecule has 1 aliphatic heterocycles. The summed E-state index contributed by atoms with van der Waals surface area (Å²) in [5.74, 6) is 1.10. The summed E-state index contributed by atoms with van der Waals surface area (Å²) in [7, 11) is 0. The van der Waals surface area contributed by atoms with E-state index in [4.69, 9.17) is 4.42 Å². The molecule has 1 aromatic rings. The number of furan rings is 1. The van der Waals surface area contributed by atoms with Crippen LogP contribution in [0, 0.1) is 0 Å². The molecule has 3 nitrogen and oxygen atoms in total. The molecule has 1 fully saturated rings. The van der Waals surface area contributed by atoms with Crippen molar-refractivity contribution in [1.82, 2.24) is 10.2 Å². The fourth-order valence-electron chi connectivity index (χ4n) is 2.36. The molecule has 2 heterocycles. The number of hydrogen-bond acceptors (Lipinski definition) is 3. The molecule has 1 N–H and O–H groups in total. The number of nitrogens with zero attached hydrogens (tertiary/aromatic N) is 1. The van der Waals surface area contributed by atoms with Crippen LogP contribution in [-0.2, 0) is 6.42 Å². The minimum Gasteiger partial charge on any atom is -0.469 e. The van der Waals surface area contributed by atoms with Crippen LogP contribution >= 0.6 is 0 Å². The van der Waals surface area contributed by atoms with Crippen molar-refractivity contribution in [3.05, 3.63) is 24.2 Å². The highest BCUT2D eigenvalue weighted by atomic mass is 16.3. The van der Waals surface area contributed by atoms with Crippen molar-refractivity contribution in [2.24, 2.45) is 0 Å². The second kappa shape index (κ2) is 6.06. The molecule has 0 saturated carbocycles. The highest BCUT2D eigenvalue weighted by Crippen LogP contribution is 2.07. The molecule has 1 aliphatic rings. The molecule has 1 aromatic heterocycles. The molecule has 1 unspecified atom stereocenters. The van der Waals surface area contributed by atoms with E-state index in [9.17, 15) is 0 Å². The lowest BCUT2D eigenvalue weighted by molar-refractivity contribution is 0.193. The zero-order chi connectivity index (χ0) is 11.2. The maximum atomic E-state index is 5.36. The van der Waals surface area contributed by atoms with E-state index in [1.165, 1.54) is 25.9 Å². The van der Waals surface area contributed by atoms with Gasteiger partial charge in [-0.05, 0) is 18.6 Å². The van der Waals surface area contributed by atoms with Gasteiger partial charge in [-0.25, -0.2) is 0 Å². The summed E-state index contributed by atoms with van der Waals surface area (Å²) in [6, 6.07) is 4.72. The van der Waals surface area contributed by atoms with Crippen molar-refractivity contribution in [1.29, 1.82) is 0 Å². The highest BCUT2D eigenvalue weighted by Gasteiger charge is 2.18. The van der Waals surface area contributed by atoms with Gasteiger partial charge in [0.05, 0.1) is 6.26 Å². The van der Waals surface area contributed by atoms with Crippen LogP contribution in [0.4, 0.5) is 0 Å². The molecule has 2 rings (SSSR count). The van der Waals surface area contributed by atoms with E-state index in [2.05, 4.69) is 23.2 Å². The number of hydrogen-bond donors (Lipinski definition) is 1. The first-order valence-electron chi connectivity index (χ1n) is 6.36. The van der Waals surface area contributed by atoms with E-state index in [1.807, 2.05) is 6.07 Å². The zero-order valence-corrected chi connectivity index (χ0v) is 10.1. The predicted octanol–water partition coefficient (Wildman–Crippen LogP) is 1.90. The van der Waals surface area contributed by atoms with Crippen molar-refractivity contribution < 1.29 is 4.42 Å². The molecule has 0 aliphatic carbocycles. The molecule has 0 bridgehead atoms. The Balaban J connectivity index is 1.72. The normalized spacial score (nSPS) is 22.4. The molecule has 1 atom stereocenters. The van der Waals surface area contributed by atoms with Gasteiger partial charge in [0.25, 0.3) is 0 Å². The van der Waals surface area contributed by atoms with E-state index < -0.39 is 0 Å². The largest absolute Gasteiger partial charge is 0.469 e. The molecular weight excluding hydrogens is 200 g/mol. The number of piperazine rings is 1. The summed E-state index contributed by atoms with van der Waals surface area (Å²) in [6.45, 7) is 6.86. The minimum atomic E-state index is 0.690. The molecule has 0 amide bonds. The lowest BCUT2D eigenvalue weighted by Gasteiger charge is -2.33. The fourth-order valence-corrected chi connectivity index (χ4v) is 2.36. The molecule has 16 heavy (non-hydrogen) atoms. The summed E-state index contributed by atoms with van der Waals surface area (Å²) < 4.78 is 5.36. The topological polar surface area (TPSA) is 28.4 Å². The molecule has 1 saturated heterocycles. The Labute approximate surface area is 97.8 Å². The quantitative estimate of drug-likeness (QED) is 0.824. The van der Waals surface area contributed by atoms with Crippen molar-refractivity contribution in [2.45, 2.75) is 32.2 Å². The summed E-state index contributed by atoms with van der Waals surface area (Å²) in [4.78, 5) is 2.54. The molecule has 90 valence electrons. The highest BCUT2D eigenvalue weighted by molar-refractivity contribution is 4.98. The van der Waals surface area contributed by atoms with Gasteiger partial charge in [-0.3, -0.25) is 0 Å². The summed E-state index contributed by atoms with van der Waals surface area (Å²) >= 11 is 0. The average Bonchev–Trinajstić information content (AvgIpc) is 2.80. The third kappa shape index (κ3) is 3.35. The summed E-state index contributed by atoms with van der Waals surface area (Å²) in [5.41, 5.74) is 0. The van der Waals surface area contributed by atoms with Crippen LogP contribution in [0.2, 0.25) is 0 Å². The van der Waals surface area contributed by atoms with E-state index in [1.54, 1.807) is 6.26 Å². The van der Waals surface area contributed by atoms with Crippen LogP contribution in [-0.4, -0.2) is 37.1 Å². The standard InChI is InChI=1S/C13H22N2O/c1-2-4-12-11-15(9-7-14-12)8-6-13-5-3-10-16-13/h3,5,10,12,14H,2,4,6-9,11H2,1H3. The van der Waals surface area contributed by atoms with Gasteiger partial charge in [-0.1, -0.05) is 13.3 Å². The Morgan fingerprint density at radius 2 is 2.50 bits per heavy atom. The van der Waals surface area contributed by atoms with Crippen LogP contribution < -0.4 is 5.32 Å². The summed E-state index contributed by atoms with van der Waals surface area (Å²) in [5, 5.41) is 3.58. The van der Waals surface area contributed by atoms with Crippen LogP contribution in [0.3, 0.4) is 0 Å². The lowest BCUT2D eigenvalue weighted by Crippen LogP contribution is -2.50. The third-order valence-corrected chi connectivity index (χ3v) is 3.23. The lowest BCUT2D eigenvalue weighted by atomic mass is 10.1. The average molecular weight is 222 g/mol. The van der Waals surface area contributed by atoms with Crippen molar-refractivity contribution in [3.63, 3.8) is 0 Å². The second-order valence-corrected chi connectivity index (χ2v) is 4.57. The van der Waals surface area contributed by atoms with Gasteiger partial charge in [-0.15, -0.1) is 0 Å². The Hall–Kier alpha value is -0.800. The van der Waals surface area contributed by atoms with Crippen molar-refractivity contribution >= 4 is 0 Å². The zero-order valence-electron chi connectivity index (χ0n) is 10.1. The minimum absolute atomic E-state index is 0.690. The predicted molar refractivity (Wildman–Crippen MR) is 65.6 cm³/mol. The van der Waals surface area contributed by atoms with E-state index in [0.717, 1.165) is 25.3 Å². The van der Waals surface area contributed by atoms with Crippen LogP contribution in [0.1, 0.15) is 25.5 Å². The number of nitrogens with one attached hydrogen (secondary N) is 1. The van der Waals surface area contributed by atoms with E-state index in [-0.39, 0.29) is 0 Å². The first-order chi connectivity index (χ1) is 7.88. The molecule has 0 radical (unpaired) electrons. The van der Waals surface area contributed by atoms with Gasteiger partial charge in [0.2, 0.25) is 0 Å². The van der Waals surface area contributed by atoms with Gasteiger partial charge in [0, 0.05) is 38.6 Å². The van der Waals surface area contributed by atoms with Crippen LogP contribution in [0.15, 0.2) is 22.8 Å². The molecule has 0 spiro atoms. The Morgan fingerprint density at radius 3 is 3.25 bits per heavy atom. The first kappa shape index (κ1) is 11.7. The van der Waals surface area contributed by atoms with Gasteiger partial charge in [0.15, 0.2) is 0 Å². The third-order valence-electron chi connectivity index (χ3n) is 3.23. The van der Waals surface area contributed by atoms with Gasteiger partial charge >= 0.3 is 0 Å². The maximum Gasteiger partial charge on any atom is 0.105 e. The molecule has 0 aromatic carbocycles. The number of rotatable bonds is 5. The van der Waals surface area contributed by atoms with Gasteiger partial charge in [-0.2, -0.15) is 0 Å². The Bertz CT molecular complexity index is 282. The Kier molecular flexibility index (Phi) is 4.43. The second-order valence-electron chi connectivity index (χ2n) is 4.57. The van der Waals surface area contributed by atoms with E-state index in [0.29, 0.717) is 6.04 Å². The smallest absolute Gasteiger partial charge is 0.105 e. The van der Waals surface area contributed by atoms with Crippen molar-refractivity contribution in [3.8, 4) is 0 Å². The molecular formula is C13H22N2O. The Morgan fingerprint density at radius 1 is 1.56 bits per heavy atom. The van der Waals surface area contributed by atoms with Crippen molar-refractivity contribution in [2.75, 3.05) is 26.2 Å².